The van der Waals surface area contributed by atoms with Crippen molar-refractivity contribution in [2.24, 2.45) is 5.41 Å². The number of hydrogen-bond acceptors (Lipinski definition) is 2. The Hall–Kier alpha value is -0.830. The molecule has 0 aromatic carbocycles. The fourth-order valence-electron chi connectivity index (χ4n) is 1.83. The normalized spacial score (nSPS) is 12.1. The molecule has 0 unspecified atom stereocenters. The molecular weight excluding hydrogens is 198 g/mol. The van der Waals surface area contributed by atoms with E-state index >= 15 is 0 Å². The van der Waals surface area contributed by atoms with Gasteiger partial charge in [-0.2, -0.15) is 5.10 Å². The maximum absolute atomic E-state index is 4.61. The zero-order valence-corrected chi connectivity index (χ0v) is 11.5. The third-order valence-corrected chi connectivity index (χ3v) is 2.96. The first kappa shape index (κ1) is 13.2. The summed E-state index contributed by atoms with van der Waals surface area (Å²) < 4.78 is 2.15. The largest absolute Gasteiger partial charge is 0.316 e. The van der Waals surface area contributed by atoms with Gasteiger partial charge in [0.25, 0.3) is 0 Å². The van der Waals surface area contributed by atoms with E-state index in [0.29, 0.717) is 5.41 Å². The van der Waals surface area contributed by atoms with Crippen molar-refractivity contribution in [2.75, 3.05) is 7.05 Å². The average Bonchev–Trinajstić information content (AvgIpc) is 2.42. The molecule has 92 valence electrons. The molecule has 0 amide bonds. The van der Waals surface area contributed by atoms with Crippen molar-refractivity contribution < 1.29 is 0 Å². The number of nitrogens with one attached hydrogen (secondary N) is 1. The summed E-state index contributed by atoms with van der Waals surface area (Å²) in [5.41, 5.74) is 4.17. The zero-order valence-electron chi connectivity index (χ0n) is 11.5. The van der Waals surface area contributed by atoms with Crippen molar-refractivity contribution in [3.05, 3.63) is 17.0 Å². The number of nitrogens with zero attached hydrogens (tertiary/aromatic N) is 2. The van der Waals surface area contributed by atoms with Gasteiger partial charge in [0.2, 0.25) is 0 Å². The lowest BCUT2D eigenvalue weighted by Gasteiger charge is -2.18. The molecule has 1 aromatic rings. The second-order valence-corrected chi connectivity index (χ2v) is 5.71. The lowest BCUT2D eigenvalue weighted by atomic mass is 9.92. The molecule has 1 N–H and O–H groups in total. The molecule has 0 spiro atoms. The topological polar surface area (TPSA) is 29.9 Å². The van der Waals surface area contributed by atoms with Gasteiger partial charge >= 0.3 is 0 Å². The van der Waals surface area contributed by atoms with Crippen LogP contribution in [0, 0.1) is 19.3 Å². The van der Waals surface area contributed by atoms with Crippen LogP contribution in [-0.2, 0) is 13.1 Å². The van der Waals surface area contributed by atoms with Crippen molar-refractivity contribution in [3.63, 3.8) is 0 Å². The van der Waals surface area contributed by atoms with E-state index in [-0.39, 0.29) is 0 Å². The second-order valence-electron chi connectivity index (χ2n) is 5.71. The molecule has 0 bridgehead atoms. The van der Waals surface area contributed by atoms with Crippen LogP contribution in [0.3, 0.4) is 0 Å². The first-order chi connectivity index (χ1) is 7.35. The Labute approximate surface area is 99.2 Å². The van der Waals surface area contributed by atoms with Gasteiger partial charge in [0.05, 0.1) is 5.69 Å². The Morgan fingerprint density at radius 2 is 1.88 bits per heavy atom. The highest BCUT2D eigenvalue weighted by molar-refractivity contribution is 5.24. The maximum atomic E-state index is 4.61. The number of aromatic nitrogens is 2. The average molecular weight is 223 g/mol. The fraction of sp³-hybridized carbons (Fsp3) is 0.769. The number of aryl methyl sites for hydroxylation is 2. The van der Waals surface area contributed by atoms with Crippen LogP contribution in [0.4, 0.5) is 0 Å². The molecule has 3 heteroatoms. The molecule has 0 saturated carbocycles. The molecule has 1 aromatic heterocycles. The van der Waals surface area contributed by atoms with Crippen molar-refractivity contribution >= 4 is 0 Å². The third kappa shape index (κ3) is 3.34. The standard InChI is InChI=1S/C13H25N3/c1-10-12(9-14-6)11(2)16(15-10)8-7-13(3,4)5/h14H,7-9H2,1-6H3. The summed E-state index contributed by atoms with van der Waals surface area (Å²) in [4.78, 5) is 0. The summed E-state index contributed by atoms with van der Waals surface area (Å²) in [6.45, 7) is 13.0. The van der Waals surface area contributed by atoms with Gasteiger partial charge in [0, 0.05) is 24.3 Å². The summed E-state index contributed by atoms with van der Waals surface area (Å²) in [5, 5.41) is 7.81. The van der Waals surface area contributed by atoms with Crippen LogP contribution < -0.4 is 5.32 Å². The predicted molar refractivity (Wildman–Crippen MR) is 68.5 cm³/mol. The zero-order chi connectivity index (χ0) is 12.3. The van der Waals surface area contributed by atoms with E-state index < -0.39 is 0 Å². The Bertz CT molecular complexity index is 345. The van der Waals surface area contributed by atoms with Crippen LogP contribution in [0.25, 0.3) is 0 Å². The molecule has 0 saturated heterocycles. The monoisotopic (exact) mass is 223 g/mol. The van der Waals surface area contributed by atoms with Crippen molar-refractivity contribution in [2.45, 2.75) is 54.1 Å². The van der Waals surface area contributed by atoms with Gasteiger partial charge < -0.3 is 5.32 Å². The Morgan fingerprint density at radius 1 is 1.25 bits per heavy atom. The smallest absolute Gasteiger partial charge is 0.0641 e. The van der Waals surface area contributed by atoms with Gasteiger partial charge in [-0.15, -0.1) is 0 Å². The fourth-order valence-corrected chi connectivity index (χ4v) is 1.83. The highest BCUT2D eigenvalue weighted by atomic mass is 15.3. The molecule has 3 nitrogen and oxygen atoms in total. The van der Waals surface area contributed by atoms with Crippen molar-refractivity contribution in [1.29, 1.82) is 0 Å². The summed E-state index contributed by atoms with van der Waals surface area (Å²) in [7, 11) is 1.98. The summed E-state index contributed by atoms with van der Waals surface area (Å²) in [5.74, 6) is 0. The lowest BCUT2D eigenvalue weighted by molar-refractivity contribution is 0.338. The van der Waals surface area contributed by atoms with Crippen LogP contribution in [0.1, 0.15) is 44.1 Å². The summed E-state index contributed by atoms with van der Waals surface area (Å²) in [6, 6.07) is 0. The van der Waals surface area contributed by atoms with E-state index in [9.17, 15) is 0 Å². The minimum absolute atomic E-state index is 0.371. The number of rotatable bonds is 4. The van der Waals surface area contributed by atoms with Gasteiger partial charge in [-0.05, 0) is 32.7 Å². The minimum atomic E-state index is 0.371. The quantitative estimate of drug-likeness (QED) is 0.850. The third-order valence-electron chi connectivity index (χ3n) is 2.96. The SMILES string of the molecule is CNCc1c(C)nn(CCC(C)(C)C)c1C. The molecule has 0 aliphatic heterocycles. The molecule has 0 radical (unpaired) electrons. The highest BCUT2D eigenvalue weighted by Crippen LogP contribution is 2.21. The first-order valence-electron chi connectivity index (χ1n) is 6.02. The van der Waals surface area contributed by atoms with Gasteiger partial charge in [-0.1, -0.05) is 20.8 Å². The van der Waals surface area contributed by atoms with Gasteiger partial charge in [0.15, 0.2) is 0 Å². The van der Waals surface area contributed by atoms with Gasteiger partial charge in [-0.25, -0.2) is 0 Å². The Morgan fingerprint density at radius 3 is 2.38 bits per heavy atom. The van der Waals surface area contributed by atoms with E-state index in [0.717, 1.165) is 25.2 Å². The van der Waals surface area contributed by atoms with E-state index in [4.69, 9.17) is 0 Å². The van der Waals surface area contributed by atoms with E-state index in [2.05, 4.69) is 49.7 Å². The van der Waals surface area contributed by atoms with E-state index in [1.165, 1.54) is 11.3 Å². The van der Waals surface area contributed by atoms with Crippen molar-refractivity contribution in [3.8, 4) is 0 Å². The predicted octanol–water partition coefficient (Wildman–Crippen LogP) is 2.66. The molecule has 0 aliphatic rings. The van der Waals surface area contributed by atoms with Crippen molar-refractivity contribution in [1.82, 2.24) is 15.1 Å². The van der Waals surface area contributed by atoms with Crippen LogP contribution in [0.15, 0.2) is 0 Å². The molecular formula is C13H25N3. The van der Waals surface area contributed by atoms with Gasteiger partial charge in [-0.3, -0.25) is 4.68 Å². The maximum Gasteiger partial charge on any atom is 0.0641 e. The minimum Gasteiger partial charge on any atom is -0.316 e. The summed E-state index contributed by atoms with van der Waals surface area (Å²) in [6.07, 6.45) is 1.16. The highest BCUT2D eigenvalue weighted by Gasteiger charge is 2.14. The van der Waals surface area contributed by atoms with Crippen LogP contribution in [-0.4, -0.2) is 16.8 Å². The van der Waals surface area contributed by atoms with E-state index in [1.54, 1.807) is 0 Å². The van der Waals surface area contributed by atoms with Crippen LogP contribution in [0.2, 0.25) is 0 Å². The van der Waals surface area contributed by atoms with E-state index in [1.807, 2.05) is 7.05 Å². The van der Waals surface area contributed by atoms with Crippen LogP contribution in [0.5, 0.6) is 0 Å². The molecule has 16 heavy (non-hydrogen) atoms. The molecule has 1 heterocycles. The Kier molecular flexibility index (Phi) is 4.14. The second kappa shape index (κ2) is 5.00. The lowest BCUT2D eigenvalue weighted by Crippen LogP contribution is -2.13. The summed E-state index contributed by atoms with van der Waals surface area (Å²) >= 11 is 0. The molecule has 0 fully saturated rings. The molecule has 0 aliphatic carbocycles. The molecule has 0 atom stereocenters. The van der Waals surface area contributed by atoms with Crippen LogP contribution >= 0.6 is 0 Å². The van der Waals surface area contributed by atoms with Gasteiger partial charge in [0.1, 0.15) is 0 Å². The first-order valence-corrected chi connectivity index (χ1v) is 6.02. The molecule has 1 rings (SSSR count). The number of hydrogen-bond donors (Lipinski definition) is 1. The Balaban J connectivity index is 2.78.